The van der Waals surface area contributed by atoms with E-state index in [0.717, 1.165) is 28.3 Å². The lowest BCUT2D eigenvalue weighted by Crippen LogP contribution is -2.14. The van der Waals surface area contributed by atoms with Gasteiger partial charge < -0.3 is 4.74 Å². The first kappa shape index (κ1) is 23.5. The highest BCUT2D eigenvalue weighted by molar-refractivity contribution is 6.04. The van der Waals surface area contributed by atoms with Crippen molar-refractivity contribution >= 4 is 36.2 Å². The summed E-state index contributed by atoms with van der Waals surface area (Å²) < 4.78 is 5.20. The van der Waals surface area contributed by atoms with Crippen LogP contribution in [-0.4, -0.2) is 21.9 Å². The molecule has 4 rings (SSSR count). The lowest BCUT2D eigenvalue weighted by Gasteiger charge is -2.07. The molecule has 0 saturated carbocycles. The van der Waals surface area contributed by atoms with E-state index in [1.165, 1.54) is 0 Å². The number of benzene rings is 2. The number of ether oxygens (including phenoxy) is 1. The number of carbonyl (C=O) groups excluding carboxylic acids is 2. The third-order valence-corrected chi connectivity index (χ3v) is 5.19. The molecule has 0 bridgehead atoms. The topological polar surface area (TPSA) is 69.2 Å². The second-order valence-corrected chi connectivity index (χ2v) is 7.96. The third-order valence-electron chi connectivity index (χ3n) is 5.19. The van der Waals surface area contributed by atoms with Crippen molar-refractivity contribution in [1.82, 2.24) is 9.97 Å². The molecule has 0 fully saturated rings. The third kappa shape index (κ3) is 6.45. The molecule has 4 aromatic rings. The van der Waals surface area contributed by atoms with Crippen molar-refractivity contribution in [3.63, 3.8) is 0 Å². The minimum Gasteiger partial charge on any atom is -0.386 e. The van der Waals surface area contributed by atoms with Gasteiger partial charge in [-0.2, -0.15) is 0 Å². The molecule has 35 heavy (non-hydrogen) atoms. The van der Waals surface area contributed by atoms with E-state index >= 15 is 0 Å². The number of esters is 2. The van der Waals surface area contributed by atoms with Crippen molar-refractivity contribution in [2.45, 2.75) is 13.8 Å². The number of carbonyl (C=O) groups is 2. The molecule has 0 saturated heterocycles. The Balaban J connectivity index is 1.48. The van der Waals surface area contributed by atoms with E-state index in [-0.39, 0.29) is 5.56 Å². The number of hydrogen-bond acceptors (Lipinski definition) is 5. The van der Waals surface area contributed by atoms with Crippen molar-refractivity contribution in [3.8, 4) is 0 Å². The van der Waals surface area contributed by atoms with Crippen LogP contribution in [0.2, 0.25) is 0 Å². The minimum absolute atomic E-state index is 0.287. The summed E-state index contributed by atoms with van der Waals surface area (Å²) in [5, 5.41) is 0. The quantitative estimate of drug-likeness (QED) is 0.245. The van der Waals surface area contributed by atoms with Gasteiger partial charge in [-0.15, -0.1) is 0 Å². The maximum absolute atomic E-state index is 12.8. The maximum atomic E-state index is 12.8. The van der Waals surface area contributed by atoms with E-state index in [4.69, 9.17) is 4.74 Å². The number of pyridine rings is 2. The van der Waals surface area contributed by atoms with Gasteiger partial charge in [0, 0.05) is 11.4 Å². The van der Waals surface area contributed by atoms with E-state index in [0.29, 0.717) is 11.1 Å². The number of hydrogen-bond donors (Lipinski definition) is 0. The molecule has 2 heterocycles. The van der Waals surface area contributed by atoms with Crippen LogP contribution in [0.3, 0.4) is 0 Å². The summed E-state index contributed by atoms with van der Waals surface area (Å²) in [6.45, 7) is 3.84. The molecule has 2 aromatic heterocycles. The highest BCUT2D eigenvalue weighted by Gasteiger charge is 2.17. The molecule has 0 unspecified atom stereocenters. The molecule has 0 aliphatic rings. The second-order valence-electron chi connectivity index (χ2n) is 7.96. The Kier molecular flexibility index (Phi) is 7.38. The molecule has 0 atom stereocenters. The largest absolute Gasteiger partial charge is 0.386 e. The molecule has 0 aliphatic carbocycles. The fourth-order valence-electron chi connectivity index (χ4n) is 3.47. The van der Waals surface area contributed by atoms with Crippen molar-refractivity contribution in [1.29, 1.82) is 0 Å². The van der Waals surface area contributed by atoms with Crippen molar-refractivity contribution in [2.24, 2.45) is 0 Å². The van der Waals surface area contributed by atoms with Crippen LogP contribution in [0.5, 0.6) is 0 Å². The standard InChI is InChI=1S/C30H24N2O3/c1-21-8-5-13-26(31-21)18-16-23-10-7-12-25(20-23)29(33)35-30(34)28-15-4-3-11-24(28)17-19-27-14-6-9-22(2)32-27/h3-20H,1-2H3. The van der Waals surface area contributed by atoms with E-state index in [9.17, 15) is 9.59 Å². The van der Waals surface area contributed by atoms with Crippen LogP contribution in [0.1, 0.15) is 54.6 Å². The Morgan fingerprint density at radius 1 is 0.657 bits per heavy atom. The van der Waals surface area contributed by atoms with Gasteiger partial charge in [0.05, 0.1) is 22.5 Å². The Morgan fingerprint density at radius 2 is 1.29 bits per heavy atom. The Morgan fingerprint density at radius 3 is 1.97 bits per heavy atom. The molecule has 0 aliphatic heterocycles. The lowest BCUT2D eigenvalue weighted by atomic mass is 10.1. The van der Waals surface area contributed by atoms with E-state index < -0.39 is 11.9 Å². The molecule has 172 valence electrons. The van der Waals surface area contributed by atoms with Gasteiger partial charge in [0.15, 0.2) is 0 Å². The molecule has 0 N–H and O–H groups in total. The van der Waals surface area contributed by atoms with Gasteiger partial charge in [0.2, 0.25) is 0 Å². The summed E-state index contributed by atoms with van der Waals surface area (Å²) in [6.07, 6.45) is 7.33. The number of rotatable bonds is 6. The van der Waals surface area contributed by atoms with Crippen molar-refractivity contribution < 1.29 is 14.3 Å². The highest BCUT2D eigenvalue weighted by Crippen LogP contribution is 2.16. The van der Waals surface area contributed by atoms with Crippen LogP contribution in [0.4, 0.5) is 0 Å². The SMILES string of the molecule is Cc1cccc(C=Cc2cccc(C(=O)OC(=O)c3ccccc3C=Cc3cccc(C)n3)c2)n1. The van der Waals surface area contributed by atoms with Crippen molar-refractivity contribution in [2.75, 3.05) is 0 Å². The van der Waals surface area contributed by atoms with E-state index in [1.54, 1.807) is 42.5 Å². The minimum atomic E-state index is -0.711. The molecule has 0 radical (unpaired) electrons. The average Bonchev–Trinajstić information content (AvgIpc) is 2.86. The Hall–Kier alpha value is -4.64. The molecule has 0 amide bonds. The van der Waals surface area contributed by atoms with E-state index in [2.05, 4.69) is 9.97 Å². The predicted molar refractivity (Wildman–Crippen MR) is 138 cm³/mol. The van der Waals surface area contributed by atoms with Gasteiger partial charge in [0.25, 0.3) is 0 Å². The van der Waals surface area contributed by atoms with Crippen LogP contribution in [-0.2, 0) is 4.74 Å². The highest BCUT2D eigenvalue weighted by atomic mass is 16.6. The predicted octanol–water partition coefficient (Wildman–Crippen LogP) is 6.43. The molecule has 2 aromatic carbocycles. The van der Waals surface area contributed by atoms with Gasteiger partial charge in [-0.25, -0.2) is 9.59 Å². The lowest BCUT2D eigenvalue weighted by molar-refractivity contribution is 0.0397. The first-order chi connectivity index (χ1) is 17.0. The molecule has 0 spiro atoms. The summed E-state index contributed by atoms with van der Waals surface area (Å²) in [5.41, 5.74) is 5.43. The average molecular weight is 461 g/mol. The number of aromatic nitrogens is 2. The summed E-state index contributed by atoms with van der Waals surface area (Å²) in [4.78, 5) is 34.4. The van der Waals surface area contributed by atoms with Crippen molar-refractivity contribution in [3.05, 3.63) is 130 Å². The van der Waals surface area contributed by atoms with Gasteiger partial charge in [-0.05, 0) is 79.6 Å². The number of aryl methyl sites for hydroxylation is 2. The zero-order chi connectivity index (χ0) is 24.6. The van der Waals surface area contributed by atoms with Crippen LogP contribution in [0.15, 0.2) is 84.9 Å². The Labute approximate surface area is 204 Å². The molecule has 5 heteroatoms. The Bertz CT molecular complexity index is 1440. The smallest absolute Gasteiger partial charge is 0.346 e. The van der Waals surface area contributed by atoms with Gasteiger partial charge >= 0.3 is 11.9 Å². The normalized spacial score (nSPS) is 11.1. The van der Waals surface area contributed by atoms with Gasteiger partial charge in [-0.3, -0.25) is 9.97 Å². The van der Waals surface area contributed by atoms with Crippen LogP contribution >= 0.6 is 0 Å². The first-order valence-corrected chi connectivity index (χ1v) is 11.2. The summed E-state index contributed by atoms with van der Waals surface area (Å²) in [5.74, 6) is -1.42. The zero-order valence-electron chi connectivity index (χ0n) is 19.5. The van der Waals surface area contributed by atoms with Crippen LogP contribution in [0, 0.1) is 13.8 Å². The summed E-state index contributed by atoms with van der Waals surface area (Å²) in [6, 6.07) is 25.4. The summed E-state index contributed by atoms with van der Waals surface area (Å²) in [7, 11) is 0. The maximum Gasteiger partial charge on any atom is 0.346 e. The van der Waals surface area contributed by atoms with Crippen LogP contribution in [0.25, 0.3) is 24.3 Å². The van der Waals surface area contributed by atoms with Gasteiger partial charge in [0.1, 0.15) is 0 Å². The summed E-state index contributed by atoms with van der Waals surface area (Å²) >= 11 is 0. The molecular weight excluding hydrogens is 436 g/mol. The fraction of sp³-hybridized carbons (Fsp3) is 0.0667. The van der Waals surface area contributed by atoms with Gasteiger partial charge in [-0.1, -0.05) is 54.6 Å². The zero-order valence-corrected chi connectivity index (χ0v) is 19.5. The van der Waals surface area contributed by atoms with E-state index in [1.807, 2.05) is 80.6 Å². The first-order valence-electron chi connectivity index (χ1n) is 11.2. The fourth-order valence-corrected chi connectivity index (χ4v) is 3.47. The molecular formula is C30H24N2O3. The van der Waals surface area contributed by atoms with Crippen LogP contribution < -0.4 is 0 Å². The molecule has 5 nitrogen and oxygen atoms in total. The second kappa shape index (κ2) is 11.0. The number of nitrogens with zero attached hydrogens (tertiary/aromatic N) is 2. The monoisotopic (exact) mass is 460 g/mol.